The third-order valence-electron chi connectivity index (χ3n) is 3.64. The molecule has 2 aliphatic rings. The molecule has 4 nitrogen and oxygen atoms in total. The summed E-state index contributed by atoms with van der Waals surface area (Å²) in [6.45, 7) is 0. The summed E-state index contributed by atoms with van der Waals surface area (Å²) < 4.78 is 7.70. The van der Waals surface area contributed by atoms with Crippen LogP contribution in [0.25, 0.3) is 6.08 Å². The molecule has 0 aromatic heterocycles. The average molecular weight is 308 g/mol. The first-order valence-electron chi connectivity index (χ1n) is 7.28. The number of aromatic hydroxyl groups is 2. The zero-order valence-corrected chi connectivity index (χ0v) is 13.0. The van der Waals surface area contributed by atoms with Crippen LogP contribution in [0, 0.1) is 0 Å². The van der Waals surface area contributed by atoms with Crippen molar-refractivity contribution in [2.45, 2.75) is 0 Å². The third-order valence-corrected chi connectivity index (χ3v) is 3.64. The molecule has 0 radical (unpaired) electrons. The molecular weight excluding hydrogens is 290 g/mol. The van der Waals surface area contributed by atoms with Gasteiger partial charge in [0, 0.05) is 17.7 Å². The minimum absolute atomic E-state index is 0.193. The lowest BCUT2D eigenvalue weighted by molar-refractivity contribution is -0.462. The molecule has 1 aliphatic carbocycles. The Hall–Kier alpha value is -3.01. The van der Waals surface area contributed by atoms with Gasteiger partial charge in [-0.2, -0.15) is 0 Å². The lowest BCUT2D eigenvalue weighted by Crippen LogP contribution is -2.09. The highest BCUT2D eigenvalue weighted by Crippen LogP contribution is 2.41. The van der Waals surface area contributed by atoms with Gasteiger partial charge >= 0.3 is 0 Å². The number of phenolic OH excluding ortho intramolecular Hbond substituents is 2. The van der Waals surface area contributed by atoms with Crippen LogP contribution in [0.1, 0.15) is 5.56 Å². The summed E-state index contributed by atoms with van der Waals surface area (Å²) in [4.78, 5) is 0. The van der Waals surface area contributed by atoms with E-state index in [4.69, 9.17) is 4.74 Å². The van der Waals surface area contributed by atoms with Crippen molar-refractivity contribution in [1.29, 1.82) is 0 Å². The number of phenols is 2. The summed E-state index contributed by atoms with van der Waals surface area (Å²) in [5.74, 6) is 0.430. The van der Waals surface area contributed by atoms with E-state index in [1.54, 1.807) is 6.07 Å². The number of allylic oxidation sites excluding steroid dienone is 8. The predicted octanol–water partition coefficient (Wildman–Crippen LogP) is 3.15. The van der Waals surface area contributed by atoms with Gasteiger partial charge in [0.25, 0.3) is 0 Å². The van der Waals surface area contributed by atoms with E-state index in [9.17, 15) is 10.2 Å². The van der Waals surface area contributed by atoms with Crippen LogP contribution in [-0.2, 0) is 0 Å². The van der Waals surface area contributed by atoms with Crippen molar-refractivity contribution in [3.05, 3.63) is 71.6 Å². The van der Waals surface area contributed by atoms with E-state index in [-0.39, 0.29) is 17.2 Å². The van der Waals surface area contributed by atoms with Crippen molar-refractivity contribution in [2.75, 3.05) is 14.1 Å². The van der Waals surface area contributed by atoms with Gasteiger partial charge in [-0.05, 0) is 48.1 Å². The van der Waals surface area contributed by atoms with E-state index in [1.807, 2.05) is 67.3 Å². The predicted molar refractivity (Wildman–Crippen MR) is 91.0 cm³/mol. The summed E-state index contributed by atoms with van der Waals surface area (Å²) in [6, 6.07) is 3.14. The molecule has 3 rings (SSSR count). The Bertz CT molecular complexity index is 814. The minimum atomic E-state index is -0.243. The average Bonchev–Trinajstić information content (AvgIpc) is 2.57. The number of hydrogen-bond acceptors (Lipinski definition) is 3. The van der Waals surface area contributed by atoms with Gasteiger partial charge in [0.05, 0.1) is 0 Å². The fourth-order valence-corrected chi connectivity index (χ4v) is 2.29. The van der Waals surface area contributed by atoms with Crippen molar-refractivity contribution in [3.8, 4) is 17.2 Å². The molecule has 0 saturated carbocycles. The molecule has 4 heteroatoms. The number of nitrogens with zero attached hydrogens (tertiary/aromatic N) is 1. The molecule has 0 spiro atoms. The molecule has 1 aromatic rings. The Morgan fingerprint density at radius 3 is 2.35 bits per heavy atom. The second-order valence-electron chi connectivity index (χ2n) is 5.51. The molecule has 116 valence electrons. The van der Waals surface area contributed by atoms with Crippen LogP contribution in [0.3, 0.4) is 0 Å². The number of hydrogen-bond donors (Lipinski definition) is 2. The zero-order valence-electron chi connectivity index (χ0n) is 13.0. The standard InChI is InChI=1S/C19H17NO3/c1-20(2)15-8-3-13(4-9-15)5-10-16-11-6-14-7-12-17(21)18(22)19(14)23-16/h3-12,22H,1-2H3/p+1. The van der Waals surface area contributed by atoms with Crippen molar-refractivity contribution in [1.82, 2.24) is 0 Å². The topological polar surface area (TPSA) is 52.7 Å². The number of benzene rings is 1. The van der Waals surface area contributed by atoms with Crippen LogP contribution in [0.5, 0.6) is 17.2 Å². The molecule has 1 aromatic carbocycles. The van der Waals surface area contributed by atoms with E-state index in [0.717, 1.165) is 16.8 Å². The number of ether oxygens (including phenoxy) is 1. The first kappa shape index (κ1) is 14.9. The summed E-state index contributed by atoms with van der Waals surface area (Å²) >= 11 is 0. The smallest absolute Gasteiger partial charge is 0.201 e. The van der Waals surface area contributed by atoms with Crippen LogP contribution >= 0.6 is 0 Å². The van der Waals surface area contributed by atoms with Gasteiger partial charge in [0.1, 0.15) is 19.9 Å². The highest BCUT2D eigenvalue weighted by molar-refractivity contribution is 6.02. The van der Waals surface area contributed by atoms with Crippen LogP contribution < -0.4 is 4.74 Å². The second-order valence-corrected chi connectivity index (χ2v) is 5.51. The summed E-state index contributed by atoms with van der Waals surface area (Å²) in [6.07, 6.45) is 15.6. The first-order valence-corrected chi connectivity index (χ1v) is 7.28. The fraction of sp³-hybridized carbons (Fsp3) is 0.105. The molecule has 1 heterocycles. The van der Waals surface area contributed by atoms with Crippen LogP contribution in [0.4, 0.5) is 0 Å². The molecule has 0 fully saturated rings. The van der Waals surface area contributed by atoms with Crippen LogP contribution in [0.2, 0.25) is 0 Å². The largest absolute Gasteiger partial charge is 0.504 e. The second kappa shape index (κ2) is 6.01. The first-order chi connectivity index (χ1) is 11.0. The molecule has 23 heavy (non-hydrogen) atoms. The molecular formula is C19H18NO3+. The van der Waals surface area contributed by atoms with Crippen LogP contribution in [-0.4, -0.2) is 34.6 Å². The van der Waals surface area contributed by atoms with Gasteiger partial charge in [-0.25, -0.2) is 4.58 Å². The summed E-state index contributed by atoms with van der Waals surface area (Å²) in [5.41, 5.74) is 2.91. The Labute approximate surface area is 135 Å². The highest BCUT2D eigenvalue weighted by atomic mass is 16.5. The van der Waals surface area contributed by atoms with Gasteiger partial charge < -0.3 is 14.9 Å². The molecule has 0 bridgehead atoms. The maximum atomic E-state index is 9.88. The Morgan fingerprint density at radius 2 is 1.65 bits per heavy atom. The highest BCUT2D eigenvalue weighted by Gasteiger charge is 2.16. The maximum Gasteiger partial charge on any atom is 0.201 e. The summed E-state index contributed by atoms with van der Waals surface area (Å²) in [7, 11) is 4.00. The molecule has 1 aliphatic heterocycles. The zero-order chi connectivity index (χ0) is 16.4. The molecule has 0 saturated heterocycles. The van der Waals surface area contributed by atoms with Crippen molar-refractivity contribution < 1.29 is 19.5 Å². The van der Waals surface area contributed by atoms with Gasteiger partial charge in [-0.3, -0.25) is 0 Å². The molecule has 0 amide bonds. The van der Waals surface area contributed by atoms with E-state index in [1.165, 1.54) is 6.07 Å². The SMILES string of the molecule is C[N+](C)=C1C=CC(=CC=C2C=Cc3ccc(O)c(O)c3O2)C=C1. The van der Waals surface area contributed by atoms with E-state index in [0.29, 0.717) is 5.76 Å². The fourth-order valence-electron chi connectivity index (χ4n) is 2.29. The quantitative estimate of drug-likeness (QED) is 0.619. The van der Waals surface area contributed by atoms with Crippen molar-refractivity contribution in [2.24, 2.45) is 0 Å². The molecule has 0 unspecified atom stereocenters. The summed E-state index contributed by atoms with van der Waals surface area (Å²) in [5, 5.41) is 19.4. The Kier molecular flexibility index (Phi) is 3.89. The number of fused-ring (bicyclic) bond motifs is 1. The van der Waals surface area contributed by atoms with Crippen molar-refractivity contribution in [3.63, 3.8) is 0 Å². The van der Waals surface area contributed by atoms with E-state index < -0.39 is 0 Å². The lowest BCUT2D eigenvalue weighted by Gasteiger charge is -2.16. The van der Waals surface area contributed by atoms with Gasteiger partial charge in [0.15, 0.2) is 17.2 Å². The van der Waals surface area contributed by atoms with Gasteiger partial charge in [0.2, 0.25) is 5.75 Å². The lowest BCUT2D eigenvalue weighted by atomic mass is 10.1. The van der Waals surface area contributed by atoms with Gasteiger partial charge in [-0.1, -0.05) is 6.08 Å². The Morgan fingerprint density at radius 1 is 0.913 bits per heavy atom. The monoisotopic (exact) mass is 308 g/mol. The maximum absolute atomic E-state index is 9.88. The van der Waals surface area contributed by atoms with Gasteiger partial charge in [-0.15, -0.1) is 0 Å². The van der Waals surface area contributed by atoms with Crippen LogP contribution in [0.15, 0.2) is 66.0 Å². The normalized spacial score (nSPS) is 17.2. The molecule has 0 atom stereocenters. The Balaban J connectivity index is 1.83. The molecule has 2 N–H and O–H groups in total. The van der Waals surface area contributed by atoms with E-state index in [2.05, 4.69) is 0 Å². The van der Waals surface area contributed by atoms with Crippen molar-refractivity contribution >= 4 is 11.8 Å². The van der Waals surface area contributed by atoms with E-state index >= 15 is 0 Å². The number of rotatable bonds is 1. The third kappa shape index (κ3) is 3.11. The minimum Gasteiger partial charge on any atom is -0.504 e.